The van der Waals surface area contributed by atoms with Crippen molar-refractivity contribution in [3.63, 3.8) is 0 Å². The molecule has 0 amide bonds. The van der Waals surface area contributed by atoms with Crippen molar-refractivity contribution >= 4 is 76.6 Å². The number of furan rings is 2. The van der Waals surface area contributed by atoms with Crippen LogP contribution in [0.1, 0.15) is 0 Å². The highest BCUT2D eigenvalue weighted by Crippen LogP contribution is 2.40. The lowest BCUT2D eigenvalue weighted by Crippen LogP contribution is -1.95. The summed E-state index contributed by atoms with van der Waals surface area (Å²) in [6.45, 7) is 0. The van der Waals surface area contributed by atoms with Gasteiger partial charge in [-0.15, -0.1) is 0 Å². The van der Waals surface area contributed by atoms with Crippen LogP contribution in [-0.4, -0.2) is 14.5 Å². The largest absolute Gasteiger partial charge is 0.456 e. The maximum absolute atomic E-state index is 6.48. The fourth-order valence-corrected chi connectivity index (χ4v) is 10.1. The molecule has 312 valence electrons. The van der Waals surface area contributed by atoms with Gasteiger partial charge in [-0.3, -0.25) is 0 Å². The molecule has 0 N–H and O–H groups in total. The smallest absolute Gasteiger partial charge is 0.160 e. The molecule has 0 aliphatic carbocycles. The molecule has 10 aromatic carbocycles. The van der Waals surface area contributed by atoms with Crippen LogP contribution in [0.4, 0.5) is 0 Å². The van der Waals surface area contributed by atoms with Gasteiger partial charge in [-0.25, -0.2) is 9.97 Å². The lowest BCUT2D eigenvalue weighted by Gasteiger charge is -2.11. The molecule has 0 aliphatic rings. The van der Waals surface area contributed by atoms with Gasteiger partial charge in [0.05, 0.1) is 22.2 Å². The van der Waals surface area contributed by atoms with Gasteiger partial charge in [0, 0.05) is 54.5 Å². The predicted molar refractivity (Wildman–Crippen MR) is 276 cm³/mol. The maximum Gasteiger partial charge on any atom is 0.160 e. The van der Waals surface area contributed by atoms with Gasteiger partial charge >= 0.3 is 0 Å². The highest BCUT2D eigenvalue weighted by molar-refractivity contribution is 6.12. The maximum atomic E-state index is 6.48. The minimum Gasteiger partial charge on any atom is -0.456 e. The van der Waals surface area contributed by atoms with E-state index in [4.69, 9.17) is 18.8 Å². The van der Waals surface area contributed by atoms with Crippen molar-refractivity contribution in [2.45, 2.75) is 0 Å². The molecule has 0 aliphatic heterocycles. The Kier molecular flexibility index (Phi) is 8.21. The molecule has 0 saturated carbocycles. The number of rotatable bonds is 6. The van der Waals surface area contributed by atoms with Gasteiger partial charge in [0.2, 0.25) is 0 Å². The van der Waals surface area contributed by atoms with Gasteiger partial charge in [0.25, 0.3) is 0 Å². The van der Waals surface area contributed by atoms with Crippen molar-refractivity contribution in [2.75, 3.05) is 0 Å². The molecule has 0 atom stereocenters. The highest BCUT2D eigenvalue weighted by Gasteiger charge is 2.18. The molecule has 5 nitrogen and oxygen atoms in total. The summed E-state index contributed by atoms with van der Waals surface area (Å²) in [6.07, 6.45) is 0. The lowest BCUT2D eigenvalue weighted by molar-refractivity contribution is 0.668. The van der Waals surface area contributed by atoms with Crippen LogP contribution in [-0.2, 0) is 0 Å². The SMILES string of the molecule is c1ccc(-c2ccc(-c3nc(-c4ccc5oc6ccc(-c7cccc(-n8c9ccccc9c9cc(-c%10ccc%11oc%12ccccc%12c%11c%10)ccc98)c7)cc6c5c4)c4ccccc4n3)cc2)cc1. The summed E-state index contributed by atoms with van der Waals surface area (Å²) in [7, 11) is 0. The average Bonchev–Trinajstić information content (AvgIpc) is 4.07. The van der Waals surface area contributed by atoms with Crippen LogP contribution < -0.4 is 0 Å². The summed E-state index contributed by atoms with van der Waals surface area (Å²) in [5.74, 6) is 0.692. The number of para-hydroxylation sites is 3. The normalized spacial score (nSPS) is 11.9. The Bertz CT molecular complexity index is 4270. The van der Waals surface area contributed by atoms with Crippen LogP contribution >= 0.6 is 0 Å². The molecular weight excluding hydrogens is 819 g/mol. The van der Waals surface area contributed by atoms with E-state index in [0.29, 0.717) is 5.82 Å². The zero-order valence-electron chi connectivity index (χ0n) is 36.0. The zero-order valence-corrected chi connectivity index (χ0v) is 36.0. The van der Waals surface area contributed by atoms with E-state index in [9.17, 15) is 0 Å². The van der Waals surface area contributed by atoms with E-state index in [-0.39, 0.29) is 0 Å². The Labute approximate surface area is 384 Å². The summed E-state index contributed by atoms with van der Waals surface area (Å²) in [6, 6.07) is 79.3. The first kappa shape index (κ1) is 37.3. The third-order valence-corrected chi connectivity index (χ3v) is 13.4. The van der Waals surface area contributed by atoms with E-state index in [1.807, 2.05) is 24.3 Å². The number of nitrogens with zero attached hydrogens (tertiary/aromatic N) is 3. The van der Waals surface area contributed by atoms with Crippen molar-refractivity contribution in [2.24, 2.45) is 0 Å². The summed E-state index contributed by atoms with van der Waals surface area (Å²) in [5.41, 5.74) is 17.6. The van der Waals surface area contributed by atoms with E-state index < -0.39 is 0 Å². The fourth-order valence-electron chi connectivity index (χ4n) is 10.1. The molecule has 0 bridgehead atoms. The highest BCUT2D eigenvalue weighted by atomic mass is 16.3. The van der Waals surface area contributed by atoms with E-state index in [1.54, 1.807) is 0 Å². The van der Waals surface area contributed by atoms with Crippen molar-refractivity contribution in [3.8, 4) is 61.7 Å². The third kappa shape index (κ3) is 6.09. The van der Waals surface area contributed by atoms with Crippen molar-refractivity contribution < 1.29 is 8.83 Å². The Balaban J connectivity index is 0.846. The van der Waals surface area contributed by atoms with Gasteiger partial charge in [-0.05, 0) is 118 Å². The third-order valence-electron chi connectivity index (χ3n) is 13.4. The van der Waals surface area contributed by atoms with Gasteiger partial charge < -0.3 is 13.4 Å². The van der Waals surface area contributed by atoms with Crippen LogP contribution in [0.2, 0.25) is 0 Å². The minimum absolute atomic E-state index is 0.692. The van der Waals surface area contributed by atoms with Crippen molar-refractivity contribution in [3.05, 3.63) is 224 Å². The van der Waals surface area contributed by atoms with Crippen LogP contribution in [0.25, 0.3) is 138 Å². The fraction of sp³-hybridized carbons (Fsp3) is 0. The molecule has 67 heavy (non-hydrogen) atoms. The first-order valence-corrected chi connectivity index (χ1v) is 22.6. The molecule has 4 heterocycles. The van der Waals surface area contributed by atoms with E-state index in [0.717, 1.165) is 111 Å². The standard InChI is InChI=1S/C62H37N3O2/c1-2-11-38(12-3-1)39-21-23-40(24-22-39)62-63-54-18-7-4-17-49(54)61(64-62)45-28-32-60-53(37-45)52-36-43(26-31-59(52)67-60)41-13-10-14-46(33-41)65-55-19-8-5-15-47(55)50-34-42(25-29-56(50)65)44-27-30-58-51(35-44)48-16-6-9-20-57(48)66-58/h1-37H. The zero-order chi connectivity index (χ0) is 44.0. The topological polar surface area (TPSA) is 57.0 Å². The van der Waals surface area contributed by atoms with Gasteiger partial charge in [-0.2, -0.15) is 0 Å². The van der Waals surface area contributed by atoms with Gasteiger partial charge in [0.1, 0.15) is 22.3 Å². The van der Waals surface area contributed by atoms with E-state index in [2.05, 4.69) is 205 Å². The Hall–Kier alpha value is -9.06. The molecular formula is C62H37N3O2. The molecule has 14 aromatic rings. The lowest BCUT2D eigenvalue weighted by atomic mass is 10.00. The molecule has 14 rings (SSSR count). The number of benzene rings is 10. The predicted octanol–water partition coefficient (Wildman–Crippen LogP) is 16.9. The summed E-state index contributed by atoms with van der Waals surface area (Å²) < 4.78 is 15.0. The second kappa shape index (κ2) is 14.7. The average molecular weight is 856 g/mol. The van der Waals surface area contributed by atoms with Crippen LogP contribution in [0, 0.1) is 0 Å². The van der Waals surface area contributed by atoms with Crippen LogP contribution in [0.5, 0.6) is 0 Å². The Morgan fingerprint density at radius 3 is 1.54 bits per heavy atom. The monoisotopic (exact) mass is 855 g/mol. The quantitative estimate of drug-likeness (QED) is 0.167. The Morgan fingerprint density at radius 2 is 0.776 bits per heavy atom. The number of hydrogen-bond donors (Lipinski definition) is 0. The summed E-state index contributed by atoms with van der Waals surface area (Å²) in [5, 5.41) is 7.79. The van der Waals surface area contributed by atoms with Crippen molar-refractivity contribution in [1.82, 2.24) is 14.5 Å². The molecule has 0 fully saturated rings. The Morgan fingerprint density at radius 1 is 0.284 bits per heavy atom. The number of aromatic nitrogens is 3. The number of fused-ring (bicyclic) bond motifs is 10. The van der Waals surface area contributed by atoms with Crippen molar-refractivity contribution in [1.29, 1.82) is 0 Å². The second-order valence-corrected chi connectivity index (χ2v) is 17.3. The molecule has 0 saturated heterocycles. The second-order valence-electron chi connectivity index (χ2n) is 17.3. The summed E-state index contributed by atoms with van der Waals surface area (Å²) >= 11 is 0. The van der Waals surface area contributed by atoms with E-state index in [1.165, 1.54) is 21.9 Å². The van der Waals surface area contributed by atoms with Crippen LogP contribution in [0.3, 0.4) is 0 Å². The van der Waals surface area contributed by atoms with E-state index >= 15 is 0 Å². The first-order chi connectivity index (χ1) is 33.2. The molecule has 0 unspecified atom stereocenters. The molecule has 4 aromatic heterocycles. The first-order valence-electron chi connectivity index (χ1n) is 22.6. The number of hydrogen-bond acceptors (Lipinski definition) is 4. The molecule has 5 heteroatoms. The van der Waals surface area contributed by atoms with Gasteiger partial charge in [0.15, 0.2) is 5.82 Å². The summed E-state index contributed by atoms with van der Waals surface area (Å²) in [4.78, 5) is 10.3. The molecule has 0 radical (unpaired) electrons. The minimum atomic E-state index is 0.692. The van der Waals surface area contributed by atoms with Gasteiger partial charge in [-0.1, -0.05) is 140 Å². The molecule has 0 spiro atoms. The van der Waals surface area contributed by atoms with Crippen LogP contribution in [0.15, 0.2) is 233 Å².